The van der Waals surface area contributed by atoms with E-state index >= 15 is 0 Å². The van der Waals surface area contributed by atoms with Crippen LogP contribution in [0.25, 0.3) is 0 Å². The first-order valence-electron chi connectivity index (χ1n) is 6.89. The fraction of sp³-hybridized carbons (Fsp3) is 0.214. The largest absolute Gasteiger partial charge is 0.326 e. The Labute approximate surface area is 138 Å². The molecule has 1 amide bonds. The van der Waals surface area contributed by atoms with Gasteiger partial charge in [0.1, 0.15) is 0 Å². The molecule has 1 N–H and O–H groups in total. The second kappa shape index (κ2) is 6.40. The summed E-state index contributed by atoms with van der Waals surface area (Å²) >= 11 is 1.28. The maximum absolute atomic E-state index is 13.3. The lowest BCUT2D eigenvalue weighted by Gasteiger charge is -2.23. The Morgan fingerprint density at radius 2 is 2.25 bits per heavy atom. The third-order valence-corrected chi connectivity index (χ3v) is 4.65. The summed E-state index contributed by atoms with van der Waals surface area (Å²) in [6.07, 6.45) is 1.42. The number of nitro benzene ring substituents is 1. The average molecular weight is 350 g/mol. The van der Waals surface area contributed by atoms with Gasteiger partial charge in [-0.2, -0.15) is 4.39 Å². The number of hydrogen-bond donors (Lipinski definition) is 1. The number of hydrogen-bond acceptors (Lipinski definition) is 6. The third kappa shape index (κ3) is 3.13. The van der Waals surface area contributed by atoms with E-state index in [0.717, 1.165) is 12.1 Å². The van der Waals surface area contributed by atoms with Crippen molar-refractivity contribution in [3.8, 4) is 0 Å². The molecule has 1 aliphatic rings. The minimum Gasteiger partial charge on any atom is -0.326 e. The van der Waals surface area contributed by atoms with Gasteiger partial charge in [0.05, 0.1) is 10.8 Å². The molecule has 8 nitrogen and oxygen atoms in total. The first-order chi connectivity index (χ1) is 11.5. The number of benzene rings is 1. The van der Waals surface area contributed by atoms with Gasteiger partial charge in [-0.3, -0.25) is 24.3 Å². The van der Waals surface area contributed by atoms with Crippen LogP contribution in [0.1, 0.15) is 0 Å². The zero-order valence-corrected chi connectivity index (χ0v) is 13.0. The standard InChI is InChI=1S/C14H11FN4O4S/c15-10-2-1-9(5-11(10)19(22)23)17-13(21)8-6-18-12(20)3-4-16-14(18)24-7-8/h1-5,8H,6-7H2,(H,17,21). The number of nitro groups is 1. The highest BCUT2D eigenvalue weighted by atomic mass is 32.2. The topological polar surface area (TPSA) is 107 Å². The van der Waals surface area contributed by atoms with Gasteiger partial charge in [-0.1, -0.05) is 11.8 Å². The Kier molecular flexibility index (Phi) is 4.30. The average Bonchev–Trinajstić information content (AvgIpc) is 2.56. The van der Waals surface area contributed by atoms with Crippen molar-refractivity contribution in [1.29, 1.82) is 0 Å². The molecule has 0 spiro atoms. The van der Waals surface area contributed by atoms with Crippen LogP contribution >= 0.6 is 11.8 Å². The Morgan fingerprint density at radius 3 is 3.00 bits per heavy atom. The third-order valence-electron chi connectivity index (χ3n) is 3.50. The van der Waals surface area contributed by atoms with Crippen LogP contribution in [-0.4, -0.2) is 26.1 Å². The van der Waals surface area contributed by atoms with Crippen molar-refractivity contribution in [3.05, 3.63) is 56.7 Å². The number of amides is 1. The zero-order chi connectivity index (χ0) is 17.3. The molecular formula is C14H11FN4O4S. The maximum atomic E-state index is 13.3. The Balaban J connectivity index is 1.77. The van der Waals surface area contributed by atoms with Gasteiger partial charge in [-0.05, 0) is 12.1 Å². The predicted octanol–water partition coefficient (Wildman–Crippen LogP) is 1.65. The summed E-state index contributed by atoms with van der Waals surface area (Å²) in [6.45, 7) is 0.171. The minimum absolute atomic E-state index is 0.127. The van der Waals surface area contributed by atoms with Gasteiger partial charge in [-0.25, -0.2) is 4.98 Å². The van der Waals surface area contributed by atoms with E-state index in [1.807, 2.05) is 0 Å². The molecule has 1 atom stereocenters. The number of aromatic nitrogens is 2. The van der Waals surface area contributed by atoms with E-state index < -0.39 is 28.3 Å². The van der Waals surface area contributed by atoms with Crippen LogP contribution in [0.3, 0.4) is 0 Å². The lowest BCUT2D eigenvalue weighted by atomic mass is 10.1. The minimum atomic E-state index is -0.974. The van der Waals surface area contributed by atoms with E-state index in [9.17, 15) is 24.1 Å². The molecular weight excluding hydrogens is 339 g/mol. The van der Waals surface area contributed by atoms with E-state index in [1.165, 1.54) is 34.7 Å². The molecule has 2 heterocycles. The van der Waals surface area contributed by atoms with Crippen LogP contribution in [-0.2, 0) is 11.3 Å². The molecule has 1 aliphatic heterocycles. The van der Waals surface area contributed by atoms with Crippen molar-refractivity contribution in [1.82, 2.24) is 9.55 Å². The van der Waals surface area contributed by atoms with Gasteiger partial charge in [-0.15, -0.1) is 0 Å². The van der Waals surface area contributed by atoms with Gasteiger partial charge in [0.15, 0.2) is 5.16 Å². The summed E-state index contributed by atoms with van der Waals surface area (Å²) in [6, 6.07) is 4.45. The number of nitrogens with zero attached hydrogens (tertiary/aromatic N) is 3. The second-order valence-electron chi connectivity index (χ2n) is 5.10. The SMILES string of the molecule is O=C(Nc1ccc(F)c([N+](=O)[O-])c1)C1CSc2nccc(=O)n2C1. The Hall–Kier alpha value is -2.75. The summed E-state index contributed by atoms with van der Waals surface area (Å²) in [5, 5.41) is 13.8. The molecule has 1 unspecified atom stereocenters. The van der Waals surface area contributed by atoms with Crippen LogP contribution in [0.4, 0.5) is 15.8 Å². The number of halogens is 1. The smallest absolute Gasteiger partial charge is 0.306 e. The van der Waals surface area contributed by atoms with Crippen molar-refractivity contribution in [3.63, 3.8) is 0 Å². The Bertz CT molecular complexity index is 885. The van der Waals surface area contributed by atoms with Crippen molar-refractivity contribution >= 4 is 29.0 Å². The van der Waals surface area contributed by atoms with E-state index in [-0.39, 0.29) is 17.8 Å². The van der Waals surface area contributed by atoms with Crippen molar-refractivity contribution < 1.29 is 14.1 Å². The summed E-state index contributed by atoms with van der Waals surface area (Å²) in [5.41, 5.74) is -0.832. The van der Waals surface area contributed by atoms with Gasteiger partial charge in [0, 0.05) is 36.3 Å². The van der Waals surface area contributed by atoms with Crippen LogP contribution in [0.5, 0.6) is 0 Å². The second-order valence-corrected chi connectivity index (χ2v) is 6.08. The number of thioether (sulfide) groups is 1. The van der Waals surface area contributed by atoms with Crippen LogP contribution in [0.15, 0.2) is 40.4 Å². The molecule has 2 aromatic rings. The number of anilines is 1. The van der Waals surface area contributed by atoms with Crippen LogP contribution in [0, 0.1) is 21.8 Å². The highest BCUT2D eigenvalue weighted by Gasteiger charge is 2.27. The van der Waals surface area contributed by atoms with Crippen molar-refractivity contribution in [2.24, 2.45) is 5.92 Å². The van der Waals surface area contributed by atoms with Crippen molar-refractivity contribution in [2.45, 2.75) is 11.7 Å². The summed E-state index contributed by atoms with van der Waals surface area (Å²) < 4.78 is 14.7. The van der Waals surface area contributed by atoms with Gasteiger partial charge in [0.2, 0.25) is 11.7 Å². The van der Waals surface area contributed by atoms with Crippen molar-refractivity contribution in [2.75, 3.05) is 11.1 Å². The first kappa shape index (κ1) is 16.1. The quantitative estimate of drug-likeness (QED) is 0.512. The zero-order valence-electron chi connectivity index (χ0n) is 12.1. The lowest BCUT2D eigenvalue weighted by Crippen LogP contribution is -2.36. The van der Waals surface area contributed by atoms with E-state index in [2.05, 4.69) is 10.3 Å². The molecule has 0 bridgehead atoms. The number of rotatable bonds is 3. The monoisotopic (exact) mass is 350 g/mol. The molecule has 24 heavy (non-hydrogen) atoms. The van der Waals surface area contributed by atoms with E-state index in [0.29, 0.717) is 10.9 Å². The highest BCUT2D eigenvalue weighted by molar-refractivity contribution is 7.99. The molecule has 3 rings (SSSR count). The fourth-order valence-electron chi connectivity index (χ4n) is 2.28. The fourth-order valence-corrected chi connectivity index (χ4v) is 3.35. The molecule has 124 valence electrons. The predicted molar refractivity (Wildman–Crippen MR) is 84.4 cm³/mol. The molecule has 0 fully saturated rings. The molecule has 0 radical (unpaired) electrons. The maximum Gasteiger partial charge on any atom is 0.306 e. The summed E-state index contributed by atoms with van der Waals surface area (Å²) in [7, 11) is 0. The first-order valence-corrected chi connectivity index (χ1v) is 7.87. The molecule has 0 aliphatic carbocycles. The van der Waals surface area contributed by atoms with Gasteiger partial charge >= 0.3 is 5.69 Å². The molecule has 1 aromatic carbocycles. The number of carbonyl (C=O) groups excluding carboxylic acids is 1. The van der Waals surface area contributed by atoms with E-state index in [1.54, 1.807) is 0 Å². The molecule has 1 aromatic heterocycles. The molecule has 10 heteroatoms. The van der Waals surface area contributed by atoms with E-state index in [4.69, 9.17) is 0 Å². The van der Waals surface area contributed by atoms with Gasteiger partial charge < -0.3 is 5.32 Å². The lowest BCUT2D eigenvalue weighted by molar-refractivity contribution is -0.387. The normalized spacial score (nSPS) is 16.3. The molecule has 0 saturated carbocycles. The Morgan fingerprint density at radius 1 is 1.46 bits per heavy atom. The molecule has 0 saturated heterocycles. The highest BCUT2D eigenvalue weighted by Crippen LogP contribution is 2.26. The van der Waals surface area contributed by atoms with Gasteiger partial charge in [0.25, 0.3) is 5.56 Å². The summed E-state index contributed by atoms with van der Waals surface area (Å²) in [4.78, 5) is 38.1. The summed E-state index contributed by atoms with van der Waals surface area (Å²) in [5.74, 6) is -1.46. The number of carbonyl (C=O) groups is 1. The number of nitrogens with one attached hydrogen (secondary N) is 1. The number of fused-ring (bicyclic) bond motifs is 1. The van der Waals surface area contributed by atoms with Crippen LogP contribution < -0.4 is 10.9 Å². The van der Waals surface area contributed by atoms with Crippen LogP contribution in [0.2, 0.25) is 0 Å².